The normalized spacial score (nSPS) is 10.1. The van der Waals surface area contributed by atoms with Crippen LogP contribution >= 0.6 is 0 Å². The number of amides is 1. The number of methoxy groups -OCH3 is 2. The molecule has 0 aliphatic carbocycles. The molecule has 5 heteroatoms. The van der Waals surface area contributed by atoms with Crippen molar-refractivity contribution in [3.63, 3.8) is 0 Å². The van der Waals surface area contributed by atoms with Crippen molar-refractivity contribution in [2.45, 2.75) is 12.8 Å². The predicted molar refractivity (Wildman–Crippen MR) is 74.8 cm³/mol. The summed E-state index contributed by atoms with van der Waals surface area (Å²) in [4.78, 5) is 11.4. The molecule has 0 heterocycles. The van der Waals surface area contributed by atoms with E-state index in [4.69, 9.17) is 9.47 Å². The molecular formula is C14H22N2O3. The van der Waals surface area contributed by atoms with Gasteiger partial charge in [-0.3, -0.25) is 4.79 Å². The van der Waals surface area contributed by atoms with Gasteiger partial charge in [-0.1, -0.05) is 6.07 Å². The number of carbonyl (C=O) groups excluding carboxylic acids is 1. The van der Waals surface area contributed by atoms with E-state index in [0.717, 1.165) is 23.5 Å². The summed E-state index contributed by atoms with van der Waals surface area (Å²) >= 11 is 0. The van der Waals surface area contributed by atoms with Crippen LogP contribution in [-0.4, -0.2) is 40.3 Å². The Morgan fingerprint density at radius 1 is 1.21 bits per heavy atom. The van der Waals surface area contributed by atoms with Crippen LogP contribution in [0.5, 0.6) is 11.5 Å². The molecule has 5 nitrogen and oxygen atoms in total. The highest BCUT2D eigenvalue weighted by Crippen LogP contribution is 2.24. The lowest BCUT2D eigenvalue weighted by Gasteiger charge is -2.11. The number of nitrogens with one attached hydrogen (secondary N) is 2. The van der Waals surface area contributed by atoms with Gasteiger partial charge in [0.25, 0.3) is 0 Å². The van der Waals surface area contributed by atoms with Crippen LogP contribution in [0.4, 0.5) is 0 Å². The second kappa shape index (κ2) is 8.37. The monoisotopic (exact) mass is 266 g/mol. The molecular weight excluding hydrogens is 244 g/mol. The average molecular weight is 266 g/mol. The summed E-state index contributed by atoms with van der Waals surface area (Å²) in [6.07, 6.45) is 1.23. The molecule has 0 radical (unpaired) electrons. The average Bonchev–Trinajstić information content (AvgIpc) is 2.45. The fraction of sp³-hybridized carbons (Fsp3) is 0.500. The predicted octanol–water partition coefficient (Wildman–Crippen LogP) is 0.972. The summed E-state index contributed by atoms with van der Waals surface area (Å²) in [5.41, 5.74) is 1.05. The smallest absolute Gasteiger partial charge is 0.221 e. The van der Waals surface area contributed by atoms with Crippen LogP contribution in [0.25, 0.3) is 0 Å². The van der Waals surface area contributed by atoms with Gasteiger partial charge in [0, 0.05) is 25.6 Å². The molecule has 0 bridgehead atoms. The van der Waals surface area contributed by atoms with Gasteiger partial charge in [-0.05, 0) is 25.1 Å². The third-order valence-corrected chi connectivity index (χ3v) is 2.81. The number of carbonyl (C=O) groups is 1. The van der Waals surface area contributed by atoms with Crippen LogP contribution in [0.3, 0.4) is 0 Å². The van der Waals surface area contributed by atoms with Crippen LogP contribution < -0.4 is 20.1 Å². The van der Waals surface area contributed by atoms with Gasteiger partial charge in [-0.25, -0.2) is 0 Å². The van der Waals surface area contributed by atoms with Crippen LogP contribution in [0.1, 0.15) is 12.0 Å². The Balaban J connectivity index is 2.46. The number of hydrogen-bond acceptors (Lipinski definition) is 4. The topological polar surface area (TPSA) is 59.6 Å². The lowest BCUT2D eigenvalue weighted by molar-refractivity contribution is -0.120. The molecule has 1 rings (SSSR count). The maximum atomic E-state index is 11.4. The molecule has 0 saturated carbocycles. The Labute approximate surface area is 114 Å². The maximum absolute atomic E-state index is 11.4. The van der Waals surface area contributed by atoms with Gasteiger partial charge in [-0.15, -0.1) is 0 Å². The van der Waals surface area contributed by atoms with Gasteiger partial charge in [0.05, 0.1) is 14.2 Å². The van der Waals surface area contributed by atoms with E-state index < -0.39 is 0 Å². The first-order valence-electron chi connectivity index (χ1n) is 6.33. The van der Waals surface area contributed by atoms with Gasteiger partial charge in [0.15, 0.2) is 0 Å². The lowest BCUT2D eigenvalue weighted by atomic mass is 10.1. The summed E-state index contributed by atoms with van der Waals surface area (Å²) in [6.45, 7) is 1.29. The van der Waals surface area contributed by atoms with E-state index in [9.17, 15) is 4.79 Å². The van der Waals surface area contributed by atoms with E-state index in [1.807, 2.05) is 25.2 Å². The number of benzene rings is 1. The second-order valence-corrected chi connectivity index (χ2v) is 4.13. The van der Waals surface area contributed by atoms with Crippen molar-refractivity contribution < 1.29 is 14.3 Å². The molecule has 1 aromatic carbocycles. The third kappa shape index (κ3) is 5.18. The fourth-order valence-electron chi connectivity index (χ4n) is 1.72. The minimum atomic E-state index is 0.0572. The molecule has 2 N–H and O–H groups in total. The van der Waals surface area contributed by atoms with Gasteiger partial charge < -0.3 is 20.1 Å². The molecule has 0 unspecified atom stereocenters. The van der Waals surface area contributed by atoms with Crippen LogP contribution in [0, 0.1) is 0 Å². The Morgan fingerprint density at radius 2 is 2.00 bits per heavy atom. The fourth-order valence-corrected chi connectivity index (χ4v) is 1.72. The van der Waals surface area contributed by atoms with Gasteiger partial charge in [0.2, 0.25) is 5.91 Å². The van der Waals surface area contributed by atoms with Gasteiger partial charge >= 0.3 is 0 Å². The maximum Gasteiger partial charge on any atom is 0.221 e. The molecule has 0 aliphatic rings. The van der Waals surface area contributed by atoms with Crippen LogP contribution in [0.15, 0.2) is 18.2 Å². The SMILES string of the molecule is CNCCC(=O)NCCc1ccc(OC)cc1OC. The molecule has 1 amide bonds. The summed E-state index contributed by atoms with van der Waals surface area (Å²) in [5, 5.41) is 5.82. The minimum absolute atomic E-state index is 0.0572. The highest BCUT2D eigenvalue weighted by Gasteiger charge is 2.06. The van der Waals surface area contributed by atoms with Crippen molar-refractivity contribution in [1.29, 1.82) is 0 Å². The van der Waals surface area contributed by atoms with Crippen LogP contribution in [0.2, 0.25) is 0 Å². The summed E-state index contributed by atoms with van der Waals surface area (Å²) in [7, 11) is 5.08. The highest BCUT2D eigenvalue weighted by molar-refractivity contribution is 5.76. The highest BCUT2D eigenvalue weighted by atomic mass is 16.5. The van der Waals surface area contributed by atoms with Crippen molar-refractivity contribution in [3.05, 3.63) is 23.8 Å². The molecule has 19 heavy (non-hydrogen) atoms. The Kier molecular flexibility index (Phi) is 6.74. The standard InChI is InChI=1S/C14H22N2O3/c1-15-8-7-14(17)16-9-6-11-4-5-12(18-2)10-13(11)19-3/h4-5,10,15H,6-9H2,1-3H3,(H,16,17). The first-order chi connectivity index (χ1) is 9.21. The molecule has 0 atom stereocenters. The Hall–Kier alpha value is -1.75. The zero-order valence-electron chi connectivity index (χ0n) is 11.8. The van der Waals surface area contributed by atoms with Gasteiger partial charge in [-0.2, -0.15) is 0 Å². The van der Waals surface area contributed by atoms with Crippen molar-refractivity contribution in [1.82, 2.24) is 10.6 Å². The molecule has 0 fully saturated rings. The number of ether oxygens (including phenoxy) is 2. The van der Waals surface area contributed by atoms with E-state index >= 15 is 0 Å². The van der Waals surface area contributed by atoms with Crippen molar-refractivity contribution in [3.8, 4) is 11.5 Å². The number of rotatable bonds is 8. The van der Waals surface area contributed by atoms with Crippen molar-refractivity contribution in [2.24, 2.45) is 0 Å². The van der Waals surface area contributed by atoms with E-state index in [1.54, 1.807) is 14.2 Å². The van der Waals surface area contributed by atoms with E-state index in [-0.39, 0.29) is 5.91 Å². The first-order valence-corrected chi connectivity index (χ1v) is 6.33. The Bertz CT molecular complexity index is 408. The summed E-state index contributed by atoms with van der Waals surface area (Å²) < 4.78 is 10.4. The second-order valence-electron chi connectivity index (χ2n) is 4.13. The van der Waals surface area contributed by atoms with Crippen molar-refractivity contribution >= 4 is 5.91 Å². The van der Waals surface area contributed by atoms with E-state index in [1.165, 1.54) is 0 Å². The summed E-state index contributed by atoms with van der Waals surface area (Å²) in [5.74, 6) is 1.60. The molecule has 0 spiro atoms. The van der Waals surface area contributed by atoms with E-state index in [0.29, 0.717) is 19.5 Å². The lowest BCUT2D eigenvalue weighted by Crippen LogP contribution is -2.28. The van der Waals surface area contributed by atoms with Crippen molar-refractivity contribution in [2.75, 3.05) is 34.4 Å². The zero-order valence-corrected chi connectivity index (χ0v) is 11.8. The van der Waals surface area contributed by atoms with E-state index in [2.05, 4.69) is 10.6 Å². The molecule has 0 aliphatic heterocycles. The number of hydrogen-bond donors (Lipinski definition) is 2. The zero-order chi connectivity index (χ0) is 14.1. The molecule has 0 aromatic heterocycles. The quantitative estimate of drug-likeness (QED) is 0.736. The molecule has 0 saturated heterocycles. The Morgan fingerprint density at radius 3 is 2.63 bits per heavy atom. The summed E-state index contributed by atoms with van der Waals surface area (Å²) in [6, 6.07) is 5.69. The third-order valence-electron chi connectivity index (χ3n) is 2.81. The van der Waals surface area contributed by atoms with Crippen LogP contribution in [-0.2, 0) is 11.2 Å². The molecule has 106 valence electrons. The largest absolute Gasteiger partial charge is 0.497 e. The minimum Gasteiger partial charge on any atom is -0.497 e. The molecule has 1 aromatic rings. The first kappa shape index (κ1) is 15.3. The van der Waals surface area contributed by atoms with Gasteiger partial charge in [0.1, 0.15) is 11.5 Å².